The van der Waals surface area contributed by atoms with E-state index in [1.54, 1.807) is 18.2 Å². The Morgan fingerprint density at radius 3 is 2.33 bits per heavy atom. The average Bonchev–Trinajstić information content (AvgIpc) is 3.29. The van der Waals surface area contributed by atoms with Crippen LogP contribution in [0, 0.1) is 19.8 Å². The number of aromatic nitrogens is 1. The molecule has 1 aromatic heterocycles. The Balaban J connectivity index is 2.27. The van der Waals surface area contributed by atoms with Crippen molar-refractivity contribution in [3.63, 3.8) is 0 Å². The summed E-state index contributed by atoms with van der Waals surface area (Å²) in [4.78, 5) is 41.4. The Labute approximate surface area is 232 Å². The van der Waals surface area contributed by atoms with Gasteiger partial charge in [-0.15, -0.1) is 0 Å². The van der Waals surface area contributed by atoms with Crippen molar-refractivity contribution in [1.82, 2.24) is 9.69 Å². The van der Waals surface area contributed by atoms with Gasteiger partial charge in [-0.05, 0) is 72.6 Å². The van der Waals surface area contributed by atoms with Crippen molar-refractivity contribution in [3.05, 3.63) is 63.7 Å². The van der Waals surface area contributed by atoms with Crippen LogP contribution in [0.5, 0.6) is 11.5 Å². The fraction of sp³-hybridized carbons (Fsp3) is 0.357. The van der Waals surface area contributed by atoms with Crippen molar-refractivity contribution < 1.29 is 23.9 Å². The van der Waals surface area contributed by atoms with Gasteiger partial charge in [-0.25, -0.2) is 0 Å². The number of aryl methyl sites for hydroxylation is 2. The van der Waals surface area contributed by atoms with Crippen LogP contribution in [0.25, 0.3) is 0 Å². The highest BCUT2D eigenvalue weighted by atomic mass is 32.1. The second-order valence-corrected chi connectivity index (χ2v) is 10.4. The second-order valence-electron chi connectivity index (χ2n) is 9.59. The molecular formula is C28H35N5O5S. The number of hydrogen-bond acceptors (Lipinski definition) is 8. The zero-order valence-electron chi connectivity index (χ0n) is 23.0. The summed E-state index contributed by atoms with van der Waals surface area (Å²) >= 11 is 0.762. The molecule has 11 heteroatoms. The highest BCUT2D eigenvalue weighted by Crippen LogP contribution is 2.38. The first-order valence-corrected chi connectivity index (χ1v) is 13.2. The minimum atomic E-state index is -1.12. The van der Waals surface area contributed by atoms with Gasteiger partial charge in [0, 0.05) is 12.2 Å². The molecule has 0 aliphatic rings. The number of amides is 3. The number of ether oxygens (including phenoxy) is 2. The molecule has 0 bridgehead atoms. The van der Waals surface area contributed by atoms with Crippen LogP contribution < -0.4 is 31.2 Å². The Kier molecular flexibility index (Phi) is 9.52. The molecule has 2 aromatic carbocycles. The molecule has 1 heterocycles. The van der Waals surface area contributed by atoms with Gasteiger partial charge in [0.05, 0.1) is 19.9 Å². The molecule has 208 valence electrons. The monoisotopic (exact) mass is 553 g/mol. The largest absolute Gasteiger partial charge is 0.493 e. The van der Waals surface area contributed by atoms with Gasteiger partial charge in [0.25, 0.3) is 11.8 Å². The maximum atomic E-state index is 14.3. The van der Waals surface area contributed by atoms with E-state index in [0.717, 1.165) is 29.1 Å². The van der Waals surface area contributed by atoms with Crippen LogP contribution in [0.2, 0.25) is 0 Å². The van der Waals surface area contributed by atoms with Crippen LogP contribution >= 0.6 is 11.5 Å². The summed E-state index contributed by atoms with van der Waals surface area (Å²) < 4.78 is 14.9. The molecule has 5 N–H and O–H groups in total. The topological polar surface area (TPSA) is 150 Å². The number of anilines is 2. The Bertz CT molecular complexity index is 1370. The standard InChI is InChI=1S/C28H35N5O5S/c1-15(2)11-12-31-27(35)24(18-9-10-20(37-5)21(14-18)38-6)33(19-13-16(3)7-8-17(19)4)28(36)25-22(29)23(26(30)34)32-39-25/h7-10,13-15,24H,11-12,29H2,1-6H3,(H2,30,34)(H,31,35)/t24-/m0/s1. The van der Waals surface area contributed by atoms with Gasteiger partial charge in [-0.2, -0.15) is 4.37 Å². The van der Waals surface area contributed by atoms with Crippen molar-refractivity contribution in [2.75, 3.05) is 31.4 Å². The van der Waals surface area contributed by atoms with Gasteiger partial charge >= 0.3 is 0 Å². The predicted molar refractivity (Wildman–Crippen MR) is 153 cm³/mol. The Morgan fingerprint density at radius 1 is 1.05 bits per heavy atom. The summed E-state index contributed by atoms with van der Waals surface area (Å²) in [5, 5.41) is 2.98. The first-order chi connectivity index (χ1) is 18.5. The van der Waals surface area contributed by atoms with Crippen molar-refractivity contribution in [2.24, 2.45) is 11.7 Å². The molecule has 3 amide bonds. The number of rotatable bonds is 11. The predicted octanol–water partition coefficient (Wildman–Crippen LogP) is 4.01. The van der Waals surface area contributed by atoms with Gasteiger partial charge in [-0.3, -0.25) is 19.3 Å². The number of primary amides is 1. The molecule has 10 nitrogen and oxygen atoms in total. The Morgan fingerprint density at radius 2 is 1.74 bits per heavy atom. The molecule has 3 rings (SSSR count). The second kappa shape index (κ2) is 12.6. The Hall–Kier alpha value is -4.12. The molecule has 0 radical (unpaired) electrons. The van der Waals surface area contributed by atoms with Gasteiger partial charge < -0.3 is 26.3 Å². The van der Waals surface area contributed by atoms with E-state index in [4.69, 9.17) is 20.9 Å². The molecule has 39 heavy (non-hydrogen) atoms. The average molecular weight is 554 g/mol. The summed E-state index contributed by atoms with van der Waals surface area (Å²) in [6.07, 6.45) is 0.756. The number of carbonyl (C=O) groups is 3. The number of benzene rings is 2. The molecule has 0 aliphatic heterocycles. The molecule has 0 fully saturated rings. The number of nitrogen functional groups attached to an aromatic ring is 1. The molecule has 3 aromatic rings. The van der Waals surface area contributed by atoms with Gasteiger partial charge in [0.1, 0.15) is 10.9 Å². The van der Waals surface area contributed by atoms with Crippen LogP contribution in [0.3, 0.4) is 0 Å². The van der Waals surface area contributed by atoms with Crippen molar-refractivity contribution in [1.29, 1.82) is 0 Å². The first kappa shape index (κ1) is 29.4. The van der Waals surface area contributed by atoms with Crippen molar-refractivity contribution >= 4 is 40.6 Å². The summed E-state index contributed by atoms with van der Waals surface area (Å²) in [6.45, 7) is 8.29. The number of nitrogens with zero attached hydrogens (tertiary/aromatic N) is 2. The van der Waals surface area contributed by atoms with Gasteiger partial charge in [0.2, 0.25) is 5.91 Å². The van der Waals surface area contributed by atoms with Crippen LogP contribution in [-0.2, 0) is 4.79 Å². The minimum Gasteiger partial charge on any atom is -0.493 e. The first-order valence-electron chi connectivity index (χ1n) is 12.5. The van der Waals surface area contributed by atoms with E-state index in [0.29, 0.717) is 35.2 Å². The van der Waals surface area contributed by atoms with E-state index in [1.165, 1.54) is 19.1 Å². The lowest BCUT2D eigenvalue weighted by atomic mass is 9.99. The van der Waals surface area contributed by atoms with Crippen LogP contribution in [0.1, 0.15) is 63.2 Å². The lowest BCUT2D eigenvalue weighted by Gasteiger charge is -2.33. The van der Waals surface area contributed by atoms with Crippen LogP contribution in [-0.4, -0.2) is 42.9 Å². The lowest BCUT2D eigenvalue weighted by Crippen LogP contribution is -2.44. The summed E-state index contributed by atoms with van der Waals surface area (Å²) in [5.74, 6) is -0.589. The van der Waals surface area contributed by atoms with Crippen molar-refractivity contribution in [3.8, 4) is 11.5 Å². The molecule has 0 aliphatic carbocycles. The third-order valence-corrected chi connectivity index (χ3v) is 7.10. The van der Waals surface area contributed by atoms with Crippen LogP contribution in [0.4, 0.5) is 11.4 Å². The summed E-state index contributed by atoms with van der Waals surface area (Å²) in [5.41, 5.74) is 13.9. The van der Waals surface area contributed by atoms with E-state index >= 15 is 0 Å². The highest BCUT2D eigenvalue weighted by molar-refractivity contribution is 7.09. The summed E-state index contributed by atoms with van der Waals surface area (Å²) in [7, 11) is 3.01. The van der Waals surface area contributed by atoms with E-state index in [9.17, 15) is 14.4 Å². The quantitative estimate of drug-likeness (QED) is 0.325. The van der Waals surface area contributed by atoms with Crippen LogP contribution in [0.15, 0.2) is 36.4 Å². The van der Waals surface area contributed by atoms with Crippen molar-refractivity contribution in [2.45, 2.75) is 40.2 Å². The molecular weight excluding hydrogens is 518 g/mol. The fourth-order valence-corrected chi connectivity index (χ4v) is 4.85. The lowest BCUT2D eigenvalue weighted by molar-refractivity contribution is -0.122. The SMILES string of the molecule is COc1ccc([C@@H](C(=O)NCCC(C)C)N(C(=O)c2snc(C(N)=O)c2N)c2cc(C)ccc2C)cc1OC. The van der Waals surface area contributed by atoms with E-state index in [2.05, 4.69) is 23.5 Å². The fourth-order valence-electron chi connectivity index (χ4n) is 4.10. The normalized spacial score (nSPS) is 11.7. The maximum absolute atomic E-state index is 14.3. The smallest absolute Gasteiger partial charge is 0.273 e. The zero-order chi connectivity index (χ0) is 28.9. The number of carbonyl (C=O) groups excluding carboxylic acids is 3. The number of nitrogens with one attached hydrogen (secondary N) is 1. The maximum Gasteiger partial charge on any atom is 0.273 e. The van der Waals surface area contributed by atoms with E-state index < -0.39 is 23.8 Å². The van der Waals surface area contributed by atoms with Gasteiger partial charge in [0.15, 0.2) is 17.2 Å². The number of nitrogens with two attached hydrogens (primary N) is 2. The molecule has 0 unspecified atom stereocenters. The third-order valence-electron chi connectivity index (χ3n) is 6.25. The minimum absolute atomic E-state index is 0.00478. The number of methoxy groups -OCH3 is 2. The zero-order valence-corrected chi connectivity index (χ0v) is 23.8. The van der Waals surface area contributed by atoms with Gasteiger partial charge in [-0.1, -0.05) is 32.0 Å². The highest BCUT2D eigenvalue weighted by Gasteiger charge is 2.37. The molecule has 1 atom stereocenters. The van der Waals surface area contributed by atoms with E-state index in [-0.39, 0.29) is 16.3 Å². The van der Waals surface area contributed by atoms with E-state index in [1.807, 2.05) is 32.0 Å². The molecule has 0 saturated carbocycles. The number of hydrogen-bond donors (Lipinski definition) is 3. The molecule has 0 spiro atoms. The third kappa shape index (κ3) is 6.48. The molecule has 0 saturated heterocycles. The summed E-state index contributed by atoms with van der Waals surface area (Å²) in [6, 6.07) is 9.56.